The molecule has 1 aromatic carbocycles. The average Bonchev–Trinajstić information content (AvgIpc) is 2.97. The van der Waals surface area contributed by atoms with Gasteiger partial charge >= 0.3 is 0 Å². The largest absolute Gasteiger partial charge is 0.331 e. The number of para-hydroxylation sites is 1. The van der Waals surface area contributed by atoms with Crippen LogP contribution < -0.4 is 5.32 Å². The van der Waals surface area contributed by atoms with Crippen LogP contribution in [0.25, 0.3) is 0 Å². The monoisotopic (exact) mass is 288 g/mol. The molecule has 0 aromatic heterocycles. The van der Waals surface area contributed by atoms with Gasteiger partial charge in [-0.3, -0.25) is 9.59 Å². The van der Waals surface area contributed by atoms with Crippen LogP contribution in [0.5, 0.6) is 0 Å². The van der Waals surface area contributed by atoms with E-state index in [1.165, 1.54) is 0 Å². The fourth-order valence-electron chi connectivity index (χ4n) is 2.64. The second-order valence-electron chi connectivity index (χ2n) is 5.82. The Hall–Kier alpha value is -1.84. The third kappa shape index (κ3) is 4.06. The number of hydrogen-bond acceptors (Lipinski definition) is 2. The second-order valence-corrected chi connectivity index (χ2v) is 5.82. The summed E-state index contributed by atoms with van der Waals surface area (Å²) in [6.07, 6.45) is 3.18. The summed E-state index contributed by atoms with van der Waals surface area (Å²) in [6.45, 7) is 4.86. The van der Waals surface area contributed by atoms with Crippen molar-refractivity contribution < 1.29 is 9.59 Å². The van der Waals surface area contributed by atoms with E-state index in [9.17, 15) is 9.59 Å². The Kier molecular flexibility index (Phi) is 5.37. The topological polar surface area (TPSA) is 49.4 Å². The molecule has 0 saturated carbocycles. The van der Waals surface area contributed by atoms with Crippen LogP contribution in [-0.4, -0.2) is 29.3 Å². The number of benzene rings is 1. The van der Waals surface area contributed by atoms with E-state index in [0.717, 1.165) is 24.9 Å². The highest BCUT2D eigenvalue weighted by atomic mass is 16.2. The van der Waals surface area contributed by atoms with Crippen LogP contribution in [0.15, 0.2) is 30.3 Å². The Morgan fingerprint density at radius 2 is 2.05 bits per heavy atom. The molecular weight excluding hydrogens is 264 g/mol. The molecule has 2 atom stereocenters. The van der Waals surface area contributed by atoms with Crippen molar-refractivity contribution in [3.05, 3.63) is 30.3 Å². The third-order valence-electron chi connectivity index (χ3n) is 4.14. The summed E-state index contributed by atoms with van der Waals surface area (Å²) in [7, 11) is 0. The summed E-state index contributed by atoms with van der Waals surface area (Å²) < 4.78 is 0. The molecule has 1 aromatic rings. The zero-order valence-corrected chi connectivity index (χ0v) is 12.8. The summed E-state index contributed by atoms with van der Waals surface area (Å²) in [5.74, 6) is 0.405. The summed E-state index contributed by atoms with van der Waals surface area (Å²) in [5.41, 5.74) is 0.781. The number of nitrogens with zero attached hydrogens (tertiary/aromatic N) is 1. The number of likely N-dealkylation sites (tertiary alicyclic amines) is 1. The molecule has 0 radical (unpaired) electrons. The summed E-state index contributed by atoms with van der Waals surface area (Å²) in [6, 6.07) is 9.08. The highest BCUT2D eigenvalue weighted by Gasteiger charge is 2.34. The van der Waals surface area contributed by atoms with Crippen molar-refractivity contribution in [2.24, 2.45) is 5.92 Å². The predicted octanol–water partition coefficient (Wildman–Crippen LogP) is 3.05. The van der Waals surface area contributed by atoms with Crippen LogP contribution in [0.3, 0.4) is 0 Å². The average molecular weight is 288 g/mol. The number of amides is 2. The number of nitrogens with one attached hydrogen (secondary N) is 1. The Morgan fingerprint density at radius 3 is 2.71 bits per heavy atom. The van der Waals surface area contributed by atoms with Crippen molar-refractivity contribution in [3.8, 4) is 0 Å². The standard InChI is InChI=1S/C17H24N2O2/c1-3-13(2)12-16(20)19-11-7-10-15(19)17(21)18-14-8-5-4-6-9-14/h4-6,8-9,13,15H,3,7,10-12H2,1-2H3,(H,18,21)/t13-,15+/m1/s1. The van der Waals surface area contributed by atoms with Gasteiger partial charge in [0.05, 0.1) is 0 Å². The number of carbonyl (C=O) groups is 2. The molecule has 1 heterocycles. The molecule has 1 fully saturated rings. The Morgan fingerprint density at radius 1 is 1.33 bits per heavy atom. The SMILES string of the molecule is CC[C@@H](C)CC(=O)N1CCC[C@H]1C(=O)Nc1ccccc1. The quantitative estimate of drug-likeness (QED) is 0.905. The molecule has 0 bridgehead atoms. The lowest BCUT2D eigenvalue weighted by atomic mass is 10.0. The van der Waals surface area contributed by atoms with Gasteiger partial charge in [0, 0.05) is 18.7 Å². The van der Waals surface area contributed by atoms with Crippen molar-refractivity contribution in [3.63, 3.8) is 0 Å². The second kappa shape index (κ2) is 7.25. The van der Waals surface area contributed by atoms with E-state index in [1.807, 2.05) is 30.3 Å². The molecule has 0 unspecified atom stereocenters. The molecule has 114 valence electrons. The van der Waals surface area contributed by atoms with Crippen molar-refractivity contribution in [2.45, 2.75) is 45.6 Å². The summed E-state index contributed by atoms with van der Waals surface area (Å²) in [4.78, 5) is 26.5. The molecule has 1 aliphatic heterocycles. The number of rotatable bonds is 5. The molecule has 2 amide bonds. The van der Waals surface area contributed by atoms with Crippen LogP contribution in [-0.2, 0) is 9.59 Å². The van der Waals surface area contributed by atoms with E-state index in [1.54, 1.807) is 4.90 Å². The number of hydrogen-bond donors (Lipinski definition) is 1. The fraction of sp³-hybridized carbons (Fsp3) is 0.529. The molecule has 21 heavy (non-hydrogen) atoms. The van der Waals surface area contributed by atoms with Crippen LogP contribution in [0.1, 0.15) is 39.5 Å². The van der Waals surface area contributed by atoms with Gasteiger partial charge < -0.3 is 10.2 Å². The summed E-state index contributed by atoms with van der Waals surface area (Å²) >= 11 is 0. The first-order valence-electron chi connectivity index (χ1n) is 7.77. The maximum atomic E-state index is 12.4. The van der Waals surface area contributed by atoms with E-state index in [4.69, 9.17) is 0 Å². The van der Waals surface area contributed by atoms with Gasteiger partial charge in [-0.2, -0.15) is 0 Å². The van der Waals surface area contributed by atoms with E-state index in [2.05, 4.69) is 19.2 Å². The first kappa shape index (κ1) is 15.5. The van der Waals surface area contributed by atoms with Gasteiger partial charge in [-0.05, 0) is 30.9 Å². The first-order valence-corrected chi connectivity index (χ1v) is 7.77. The molecule has 4 heteroatoms. The molecule has 1 saturated heterocycles. The van der Waals surface area contributed by atoms with Crippen molar-refractivity contribution in [2.75, 3.05) is 11.9 Å². The van der Waals surface area contributed by atoms with Crippen LogP contribution in [0.4, 0.5) is 5.69 Å². The Labute approximate surface area is 126 Å². The molecule has 0 aliphatic carbocycles. The van der Waals surface area contributed by atoms with Gasteiger partial charge in [-0.15, -0.1) is 0 Å². The van der Waals surface area contributed by atoms with Crippen molar-refractivity contribution >= 4 is 17.5 Å². The van der Waals surface area contributed by atoms with Gasteiger partial charge in [0.25, 0.3) is 0 Å². The van der Waals surface area contributed by atoms with Gasteiger partial charge in [0.2, 0.25) is 11.8 Å². The van der Waals surface area contributed by atoms with Crippen LogP contribution in [0, 0.1) is 5.92 Å². The molecule has 1 aliphatic rings. The zero-order chi connectivity index (χ0) is 15.2. The van der Waals surface area contributed by atoms with Gasteiger partial charge in [0.1, 0.15) is 6.04 Å². The molecular formula is C17H24N2O2. The lowest BCUT2D eigenvalue weighted by molar-refractivity contribution is -0.137. The van der Waals surface area contributed by atoms with Crippen LogP contribution >= 0.6 is 0 Å². The highest BCUT2D eigenvalue weighted by Crippen LogP contribution is 2.22. The first-order chi connectivity index (χ1) is 10.1. The minimum absolute atomic E-state index is 0.0730. The van der Waals surface area contributed by atoms with Crippen molar-refractivity contribution in [1.82, 2.24) is 4.90 Å². The molecule has 1 N–H and O–H groups in total. The van der Waals surface area contributed by atoms with E-state index in [0.29, 0.717) is 18.9 Å². The van der Waals surface area contributed by atoms with Crippen LogP contribution in [0.2, 0.25) is 0 Å². The maximum absolute atomic E-state index is 12.4. The van der Waals surface area contributed by atoms with Crippen molar-refractivity contribution in [1.29, 1.82) is 0 Å². The normalized spacial score (nSPS) is 19.3. The fourth-order valence-corrected chi connectivity index (χ4v) is 2.64. The number of anilines is 1. The Bertz CT molecular complexity index is 487. The lowest BCUT2D eigenvalue weighted by Gasteiger charge is -2.25. The predicted molar refractivity (Wildman–Crippen MR) is 83.9 cm³/mol. The minimum Gasteiger partial charge on any atom is -0.331 e. The van der Waals surface area contributed by atoms with E-state index < -0.39 is 0 Å². The van der Waals surface area contributed by atoms with Gasteiger partial charge in [-0.1, -0.05) is 38.5 Å². The highest BCUT2D eigenvalue weighted by molar-refractivity contribution is 5.97. The molecule has 0 spiro atoms. The third-order valence-corrected chi connectivity index (χ3v) is 4.14. The van der Waals surface area contributed by atoms with E-state index >= 15 is 0 Å². The maximum Gasteiger partial charge on any atom is 0.247 e. The van der Waals surface area contributed by atoms with E-state index in [-0.39, 0.29) is 17.9 Å². The summed E-state index contributed by atoms with van der Waals surface area (Å²) in [5, 5.41) is 2.90. The van der Waals surface area contributed by atoms with Gasteiger partial charge in [0.15, 0.2) is 0 Å². The molecule has 4 nitrogen and oxygen atoms in total. The smallest absolute Gasteiger partial charge is 0.247 e. The minimum atomic E-state index is -0.318. The zero-order valence-electron chi connectivity index (χ0n) is 12.8. The molecule has 2 rings (SSSR count). The lowest BCUT2D eigenvalue weighted by Crippen LogP contribution is -2.43. The van der Waals surface area contributed by atoms with Gasteiger partial charge in [-0.25, -0.2) is 0 Å². The Balaban J connectivity index is 1.97. The number of carbonyl (C=O) groups excluding carboxylic acids is 2.